The third kappa shape index (κ3) is 1.87. The van der Waals surface area contributed by atoms with E-state index in [2.05, 4.69) is 15.3 Å². The van der Waals surface area contributed by atoms with Crippen LogP contribution in [0.25, 0.3) is 0 Å². The maximum atomic E-state index is 6.06. The Kier molecular flexibility index (Phi) is 2.98. The highest BCUT2D eigenvalue weighted by Gasteiger charge is 2.32. The fourth-order valence-corrected chi connectivity index (χ4v) is 2.45. The van der Waals surface area contributed by atoms with Gasteiger partial charge in [0.2, 0.25) is 4.99 Å². The number of pyridine rings is 1. The third-order valence-electron chi connectivity index (χ3n) is 2.14. The van der Waals surface area contributed by atoms with Crippen LogP contribution in [0.4, 0.5) is 0 Å². The Morgan fingerprint density at radius 1 is 1.53 bits per heavy atom. The van der Waals surface area contributed by atoms with Gasteiger partial charge in [0.15, 0.2) is 0 Å². The molecular weight excluding hydrogens is 230 g/mol. The van der Waals surface area contributed by atoms with E-state index in [-0.39, 0.29) is 0 Å². The quantitative estimate of drug-likeness (QED) is 0.806. The highest BCUT2D eigenvalue weighted by Crippen LogP contribution is 2.37. The maximum Gasteiger partial charge on any atom is 0.206 e. The van der Waals surface area contributed by atoms with Crippen LogP contribution in [-0.4, -0.2) is 17.5 Å². The molecule has 0 aliphatic carbocycles. The van der Waals surface area contributed by atoms with Crippen LogP contribution in [0.3, 0.4) is 0 Å². The molecule has 0 fully saturated rings. The van der Waals surface area contributed by atoms with Crippen molar-refractivity contribution < 1.29 is 0 Å². The van der Waals surface area contributed by atoms with Gasteiger partial charge < -0.3 is 5.32 Å². The molecule has 5 heteroatoms. The van der Waals surface area contributed by atoms with Gasteiger partial charge in [-0.2, -0.15) is 0 Å². The van der Waals surface area contributed by atoms with E-state index in [0.717, 1.165) is 5.56 Å². The molecule has 0 saturated carbocycles. The van der Waals surface area contributed by atoms with Crippen molar-refractivity contribution in [3.63, 3.8) is 0 Å². The number of aromatic nitrogens is 1. The smallest absolute Gasteiger partial charge is 0.206 e. The van der Waals surface area contributed by atoms with Gasteiger partial charge >= 0.3 is 0 Å². The number of aliphatic imine (C=N–C) groups is 1. The molecule has 2 heterocycles. The van der Waals surface area contributed by atoms with Crippen molar-refractivity contribution in [3.8, 4) is 0 Å². The zero-order valence-corrected chi connectivity index (χ0v) is 9.72. The van der Waals surface area contributed by atoms with Gasteiger partial charge in [-0.1, -0.05) is 11.6 Å². The summed E-state index contributed by atoms with van der Waals surface area (Å²) in [5.41, 5.74) is 0.875. The minimum absolute atomic E-state index is 0.479. The summed E-state index contributed by atoms with van der Waals surface area (Å²) in [6.45, 7) is 0. The Bertz CT molecular complexity index is 419. The summed E-state index contributed by atoms with van der Waals surface area (Å²) < 4.78 is 0. The zero-order valence-electron chi connectivity index (χ0n) is 8.14. The van der Waals surface area contributed by atoms with E-state index in [0.29, 0.717) is 5.15 Å². The monoisotopic (exact) mass is 239 g/mol. The molecule has 1 atom stereocenters. The highest BCUT2D eigenvalue weighted by molar-refractivity contribution is 7.99. The van der Waals surface area contributed by atoms with Crippen molar-refractivity contribution in [2.45, 2.75) is 4.99 Å². The molecule has 0 saturated heterocycles. The molecule has 1 aliphatic rings. The van der Waals surface area contributed by atoms with Gasteiger partial charge in [-0.3, -0.25) is 4.99 Å². The Hall–Kier alpha value is -1.00. The van der Waals surface area contributed by atoms with Crippen LogP contribution in [-0.2, 0) is 4.99 Å². The van der Waals surface area contributed by atoms with Gasteiger partial charge in [0.1, 0.15) is 5.15 Å². The summed E-state index contributed by atoms with van der Waals surface area (Å²) in [7, 11) is 0. The van der Waals surface area contributed by atoms with Crippen molar-refractivity contribution in [2.24, 2.45) is 4.99 Å². The minimum atomic E-state index is -0.542. The number of thioether (sulfide) groups is 1. The molecular formula is C10H10ClN3S. The number of nitrogens with zero attached hydrogens (tertiary/aromatic N) is 2. The lowest BCUT2D eigenvalue weighted by atomic mass is 10.2. The summed E-state index contributed by atoms with van der Waals surface area (Å²) in [6, 6.07) is 3.78. The van der Waals surface area contributed by atoms with Crippen LogP contribution in [0.5, 0.6) is 0 Å². The van der Waals surface area contributed by atoms with Crippen LogP contribution in [0, 0.1) is 0 Å². The number of rotatable bonds is 2. The molecule has 1 unspecified atom stereocenters. The number of hydrogen-bond acceptors (Lipinski definition) is 4. The van der Waals surface area contributed by atoms with Crippen molar-refractivity contribution >= 4 is 29.6 Å². The molecule has 0 bridgehead atoms. The summed E-state index contributed by atoms with van der Waals surface area (Å²) in [5.74, 6) is 0. The molecule has 1 aliphatic heterocycles. The van der Waals surface area contributed by atoms with Gasteiger partial charge in [-0.15, -0.1) is 11.8 Å². The lowest BCUT2D eigenvalue weighted by Gasteiger charge is -2.30. The molecule has 1 N–H and O–H groups in total. The van der Waals surface area contributed by atoms with Crippen molar-refractivity contribution in [2.75, 3.05) is 6.26 Å². The summed E-state index contributed by atoms with van der Waals surface area (Å²) in [6.07, 6.45) is 9.11. The molecule has 1 aromatic rings. The molecule has 0 spiro atoms. The van der Waals surface area contributed by atoms with E-state index < -0.39 is 4.99 Å². The van der Waals surface area contributed by atoms with Gasteiger partial charge in [0.25, 0.3) is 0 Å². The molecule has 0 aromatic carbocycles. The second kappa shape index (κ2) is 4.24. The van der Waals surface area contributed by atoms with Crippen LogP contribution < -0.4 is 5.32 Å². The van der Waals surface area contributed by atoms with E-state index in [1.807, 2.05) is 30.7 Å². The van der Waals surface area contributed by atoms with E-state index in [9.17, 15) is 0 Å². The first kappa shape index (κ1) is 10.5. The largest absolute Gasteiger partial charge is 0.355 e. The predicted molar refractivity (Wildman–Crippen MR) is 65.2 cm³/mol. The summed E-state index contributed by atoms with van der Waals surface area (Å²) in [5, 5.41) is 3.68. The van der Waals surface area contributed by atoms with Gasteiger partial charge in [0, 0.05) is 24.2 Å². The average molecular weight is 240 g/mol. The first-order chi connectivity index (χ1) is 7.28. The van der Waals surface area contributed by atoms with Crippen LogP contribution in [0.15, 0.2) is 35.6 Å². The maximum absolute atomic E-state index is 6.06. The van der Waals surface area contributed by atoms with Gasteiger partial charge in [0.05, 0.1) is 0 Å². The fourth-order valence-electron chi connectivity index (χ4n) is 1.40. The molecule has 0 amide bonds. The van der Waals surface area contributed by atoms with E-state index in [1.165, 1.54) is 0 Å². The average Bonchev–Trinajstić information content (AvgIpc) is 2.30. The molecule has 1 aromatic heterocycles. The lowest BCUT2D eigenvalue weighted by molar-refractivity contribution is 0.586. The predicted octanol–water partition coefficient (Wildman–Crippen LogP) is 2.40. The van der Waals surface area contributed by atoms with Crippen molar-refractivity contribution in [1.29, 1.82) is 0 Å². The van der Waals surface area contributed by atoms with Crippen LogP contribution >= 0.6 is 23.4 Å². The van der Waals surface area contributed by atoms with Crippen molar-refractivity contribution in [3.05, 3.63) is 41.3 Å². The minimum Gasteiger partial charge on any atom is -0.355 e. The number of hydrogen-bond donors (Lipinski definition) is 1. The first-order valence-electron chi connectivity index (χ1n) is 4.43. The standard InChI is InChI=1S/C10H10ClN3S/c1-15-10(13-6-3-7-14-10)8-4-2-5-12-9(8)11/h2-7,13H,1H3. The second-order valence-corrected chi connectivity index (χ2v) is 4.33. The topological polar surface area (TPSA) is 37.3 Å². The second-order valence-electron chi connectivity index (χ2n) is 2.97. The van der Waals surface area contributed by atoms with Crippen LogP contribution in [0.2, 0.25) is 5.15 Å². The fraction of sp³-hybridized carbons (Fsp3) is 0.200. The Morgan fingerprint density at radius 3 is 3.00 bits per heavy atom. The molecule has 2 rings (SSSR count). The number of halogens is 1. The highest BCUT2D eigenvalue weighted by atomic mass is 35.5. The zero-order chi connectivity index (χ0) is 10.7. The van der Waals surface area contributed by atoms with Gasteiger partial charge in [-0.25, -0.2) is 4.98 Å². The van der Waals surface area contributed by atoms with E-state index >= 15 is 0 Å². The van der Waals surface area contributed by atoms with Crippen LogP contribution in [0.1, 0.15) is 5.56 Å². The van der Waals surface area contributed by atoms with Gasteiger partial charge in [-0.05, 0) is 24.5 Å². The summed E-state index contributed by atoms with van der Waals surface area (Å²) >= 11 is 7.64. The van der Waals surface area contributed by atoms with E-state index in [4.69, 9.17) is 11.6 Å². The Labute approximate surface area is 97.7 Å². The lowest BCUT2D eigenvalue weighted by Crippen LogP contribution is -2.35. The third-order valence-corrected chi connectivity index (χ3v) is 3.47. The van der Waals surface area contributed by atoms with Crippen molar-refractivity contribution in [1.82, 2.24) is 10.3 Å². The molecule has 3 nitrogen and oxygen atoms in total. The summed E-state index contributed by atoms with van der Waals surface area (Å²) in [4.78, 5) is 7.95. The van der Waals surface area contributed by atoms with E-state index in [1.54, 1.807) is 24.2 Å². The SMILES string of the molecule is CSC1(c2cccnc2Cl)N=CC=CN1. The molecule has 15 heavy (non-hydrogen) atoms. The number of nitrogens with one attached hydrogen (secondary N) is 1. The normalized spacial score (nSPS) is 23.9. The molecule has 0 radical (unpaired) electrons. The Balaban J connectivity index is 2.47. The molecule has 78 valence electrons. The first-order valence-corrected chi connectivity index (χ1v) is 6.03. The Morgan fingerprint density at radius 2 is 2.40 bits per heavy atom. The number of allylic oxidation sites excluding steroid dienone is 1.